The van der Waals surface area contributed by atoms with E-state index in [1.54, 1.807) is 4.90 Å². The van der Waals surface area contributed by atoms with E-state index in [4.69, 9.17) is 0 Å². The number of carbonyl (C=O) groups excluding carboxylic acids is 1. The molecule has 4 nitrogen and oxygen atoms in total. The van der Waals surface area contributed by atoms with Crippen LogP contribution in [0.5, 0.6) is 0 Å². The summed E-state index contributed by atoms with van der Waals surface area (Å²) in [4.78, 5) is 14.2. The summed E-state index contributed by atoms with van der Waals surface area (Å²) in [7, 11) is -3.09. The van der Waals surface area contributed by atoms with E-state index in [1.165, 1.54) is 5.56 Å². The Morgan fingerprint density at radius 3 is 2.04 bits per heavy atom. The Balaban J connectivity index is 1.61. The molecule has 0 N–H and O–H groups in total. The minimum absolute atomic E-state index is 0.0531. The van der Waals surface area contributed by atoms with Gasteiger partial charge in [-0.3, -0.25) is 4.79 Å². The van der Waals surface area contributed by atoms with Gasteiger partial charge in [0, 0.05) is 18.7 Å². The van der Waals surface area contributed by atoms with Crippen LogP contribution in [0, 0.1) is 0 Å². The van der Waals surface area contributed by atoms with Gasteiger partial charge in [-0.05, 0) is 36.0 Å². The summed E-state index contributed by atoms with van der Waals surface area (Å²) >= 11 is 0. The van der Waals surface area contributed by atoms with Gasteiger partial charge < -0.3 is 4.90 Å². The lowest BCUT2D eigenvalue weighted by Crippen LogP contribution is -2.58. The summed E-state index contributed by atoms with van der Waals surface area (Å²) in [5.74, 6) is -0.0597. The lowest BCUT2D eigenvalue weighted by molar-refractivity contribution is 0.0658. The number of carbonyl (C=O) groups is 1. The largest absolute Gasteiger partial charge is 0.336 e. The van der Waals surface area contributed by atoms with Gasteiger partial charge in [-0.25, -0.2) is 8.42 Å². The van der Waals surface area contributed by atoms with Gasteiger partial charge >= 0.3 is 0 Å². The SMILES string of the molecule is CC(C)(C)c1ccc(C(=O)N2CC(S(=O)(=O)C3CCCCC3)C2)cc1. The van der Waals surface area contributed by atoms with E-state index in [9.17, 15) is 13.2 Å². The van der Waals surface area contributed by atoms with E-state index in [-0.39, 0.29) is 21.8 Å². The first-order chi connectivity index (χ1) is 11.7. The Labute approximate surface area is 151 Å². The molecule has 1 saturated heterocycles. The molecule has 2 aliphatic rings. The highest BCUT2D eigenvalue weighted by molar-refractivity contribution is 7.92. The third-order valence-corrected chi connectivity index (χ3v) is 8.24. The molecule has 0 spiro atoms. The van der Waals surface area contributed by atoms with Gasteiger partial charge in [0.15, 0.2) is 9.84 Å². The van der Waals surface area contributed by atoms with Gasteiger partial charge in [0.05, 0.1) is 10.5 Å². The summed E-state index contributed by atoms with van der Waals surface area (Å²) < 4.78 is 25.4. The highest BCUT2D eigenvalue weighted by Crippen LogP contribution is 2.30. The fourth-order valence-corrected chi connectivity index (χ4v) is 6.08. The van der Waals surface area contributed by atoms with Crippen LogP contribution in [-0.4, -0.2) is 42.8 Å². The summed E-state index contributed by atoms with van der Waals surface area (Å²) in [6, 6.07) is 7.68. The summed E-state index contributed by atoms with van der Waals surface area (Å²) in [6.45, 7) is 7.11. The summed E-state index contributed by atoms with van der Waals surface area (Å²) in [5, 5.41) is -0.553. The van der Waals surface area contributed by atoms with Gasteiger partial charge in [0.2, 0.25) is 0 Å². The third kappa shape index (κ3) is 3.76. The maximum absolute atomic E-state index is 12.7. The molecule has 3 rings (SSSR count). The van der Waals surface area contributed by atoms with Crippen molar-refractivity contribution in [2.45, 2.75) is 68.8 Å². The van der Waals surface area contributed by atoms with Crippen molar-refractivity contribution < 1.29 is 13.2 Å². The van der Waals surface area contributed by atoms with Crippen molar-refractivity contribution in [3.63, 3.8) is 0 Å². The lowest BCUT2D eigenvalue weighted by Gasteiger charge is -2.41. The molecule has 0 atom stereocenters. The maximum Gasteiger partial charge on any atom is 0.253 e. The van der Waals surface area contributed by atoms with Gasteiger partial charge in [0.25, 0.3) is 5.91 Å². The predicted molar refractivity (Wildman–Crippen MR) is 101 cm³/mol. The van der Waals surface area contributed by atoms with Crippen LogP contribution in [0.1, 0.15) is 68.8 Å². The molecule has 0 bridgehead atoms. The number of likely N-dealkylation sites (tertiary alicyclic amines) is 1. The molecular formula is C20H29NO3S. The molecule has 138 valence electrons. The maximum atomic E-state index is 12.7. The molecule has 2 fully saturated rings. The molecule has 1 aromatic rings. The van der Waals surface area contributed by atoms with Gasteiger partial charge in [-0.1, -0.05) is 52.2 Å². The molecule has 5 heteroatoms. The van der Waals surface area contributed by atoms with Gasteiger partial charge in [0.1, 0.15) is 0 Å². The Hall–Kier alpha value is -1.36. The van der Waals surface area contributed by atoms with Crippen LogP contribution >= 0.6 is 0 Å². The van der Waals surface area contributed by atoms with Crippen LogP contribution < -0.4 is 0 Å². The third-order valence-electron chi connectivity index (χ3n) is 5.61. The molecule has 0 aromatic heterocycles. The van der Waals surface area contributed by atoms with Crippen molar-refractivity contribution in [1.29, 1.82) is 0 Å². The first kappa shape index (κ1) is 18.4. The zero-order valence-corrected chi connectivity index (χ0v) is 16.3. The zero-order chi connectivity index (χ0) is 18.2. The van der Waals surface area contributed by atoms with Crippen molar-refractivity contribution in [2.24, 2.45) is 0 Å². The number of sulfone groups is 1. The molecule has 1 saturated carbocycles. The molecule has 1 amide bonds. The number of nitrogens with zero attached hydrogens (tertiary/aromatic N) is 1. The average molecular weight is 364 g/mol. The molecule has 1 heterocycles. The molecule has 0 radical (unpaired) electrons. The fourth-order valence-electron chi connectivity index (χ4n) is 3.77. The van der Waals surface area contributed by atoms with Crippen LogP contribution in [0.2, 0.25) is 0 Å². The van der Waals surface area contributed by atoms with Crippen molar-refractivity contribution in [3.05, 3.63) is 35.4 Å². The normalized spacial score (nSPS) is 20.4. The first-order valence-electron chi connectivity index (χ1n) is 9.32. The predicted octanol–water partition coefficient (Wildman–Crippen LogP) is 3.56. The minimum Gasteiger partial charge on any atom is -0.336 e. The Morgan fingerprint density at radius 1 is 0.960 bits per heavy atom. The van der Waals surface area contributed by atoms with Crippen molar-refractivity contribution >= 4 is 15.7 Å². The van der Waals surface area contributed by atoms with Crippen molar-refractivity contribution in [2.75, 3.05) is 13.1 Å². The number of benzene rings is 1. The smallest absolute Gasteiger partial charge is 0.253 e. The van der Waals surface area contributed by atoms with E-state index in [0.29, 0.717) is 18.7 Å². The topological polar surface area (TPSA) is 54.5 Å². The van der Waals surface area contributed by atoms with E-state index in [1.807, 2.05) is 24.3 Å². The van der Waals surface area contributed by atoms with Crippen LogP contribution in [0.15, 0.2) is 24.3 Å². The van der Waals surface area contributed by atoms with Crippen LogP contribution in [-0.2, 0) is 15.3 Å². The van der Waals surface area contributed by atoms with Gasteiger partial charge in [-0.15, -0.1) is 0 Å². The minimum atomic E-state index is -3.09. The van der Waals surface area contributed by atoms with E-state index in [0.717, 1.165) is 32.1 Å². The van der Waals surface area contributed by atoms with Crippen LogP contribution in [0.25, 0.3) is 0 Å². The van der Waals surface area contributed by atoms with Crippen LogP contribution in [0.3, 0.4) is 0 Å². The molecule has 25 heavy (non-hydrogen) atoms. The van der Waals surface area contributed by atoms with Crippen molar-refractivity contribution in [1.82, 2.24) is 4.90 Å². The number of rotatable bonds is 3. The zero-order valence-electron chi connectivity index (χ0n) is 15.5. The van der Waals surface area contributed by atoms with Crippen LogP contribution in [0.4, 0.5) is 0 Å². The average Bonchev–Trinajstić information content (AvgIpc) is 2.53. The quantitative estimate of drug-likeness (QED) is 0.825. The highest BCUT2D eigenvalue weighted by atomic mass is 32.2. The number of amides is 1. The second-order valence-corrected chi connectivity index (χ2v) is 11.0. The molecular weight excluding hydrogens is 334 g/mol. The second-order valence-electron chi connectivity index (χ2n) is 8.51. The Kier molecular flexibility index (Phi) is 4.97. The summed E-state index contributed by atoms with van der Waals surface area (Å²) in [6.07, 6.45) is 4.76. The molecule has 1 aliphatic heterocycles. The Morgan fingerprint density at radius 2 is 1.52 bits per heavy atom. The molecule has 1 aliphatic carbocycles. The second kappa shape index (κ2) is 6.75. The van der Waals surface area contributed by atoms with Gasteiger partial charge in [-0.2, -0.15) is 0 Å². The van der Waals surface area contributed by atoms with E-state index >= 15 is 0 Å². The van der Waals surface area contributed by atoms with E-state index < -0.39 is 9.84 Å². The standard InChI is InChI=1S/C20H29NO3S/c1-20(2,3)16-11-9-15(10-12-16)19(22)21-13-18(14-21)25(23,24)17-7-5-4-6-8-17/h9-12,17-18H,4-8,13-14H2,1-3H3. The highest BCUT2D eigenvalue weighted by Gasteiger charge is 2.43. The number of hydrogen-bond acceptors (Lipinski definition) is 3. The number of hydrogen-bond donors (Lipinski definition) is 0. The van der Waals surface area contributed by atoms with Crippen molar-refractivity contribution in [3.8, 4) is 0 Å². The Bertz CT molecular complexity index is 719. The summed E-state index contributed by atoms with van der Waals surface area (Å²) in [5.41, 5.74) is 1.88. The monoisotopic (exact) mass is 363 g/mol. The molecule has 1 aromatic carbocycles. The fraction of sp³-hybridized carbons (Fsp3) is 0.650. The van der Waals surface area contributed by atoms with E-state index in [2.05, 4.69) is 20.8 Å². The lowest BCUT2D eigenvalue weighted by atomic mass is 9.86. The first-order valence-corrected chi connectivity index (χ1v) is 10.9. The molecule has 0 unspecified atom stereocenters.